The van der Waals surface area contributed by atoms with E-state index in [2.05, 4.69) is 17.6 Å². The summed E-state index contributed by atoms with van der Waals surface area (Å²) in [5.41, 5.74) is 5.93. The van der Waals surface area contributed by atoms with Gasteiger partial charge in [-0.3, -0.25) is 14.4 Å². The van der Waals surface area contributed by atoms with Crippen molar-refractivity contribution < 1.29 is 14.4 Å². The molecule has 118 valence electrons. The minimum Gasteiger partial charge on any atom is -0.366 e. The third-order valence-corrected chi connectivity index (χ3v) is 4.06. The number of anilines is 1. The van der Waals surface area contributed by atoms with Crippen LogP contribution in [0, 0.1) is 5.92 Å². The third kappa shape index (κ3) is 4.07. The van der Waals surface area contributed by atoms with Gasteiger partial charge in [-0.2, -0.15) is 0 Å². The number of amides is 3. The lowest BCUT2D eigenvalue weighted by molar-refractivity contribution is -0.137. The molecular formula is C16H21N3O3. The molecule has 0 saturated heterocycles. The zero-order chi connectivity index (χ0) is 16.1. The molecule has 4 N–H and O–H groups in total. The maximum Gasteiger partial charge on any atom is 0.313 e. The van der Waals surface area contributed by atoms with Crippen molar-refractivity contribution in [3.8, 4) is 0 Å². The summed E-state index contributed by atoms with van der Waals surface area (Å²) >= 11 is 0. The molecule has 0 heterocycles. The summed E-state index contributed by atoms with van der Waals surface area (Å²) in [5, 5.41) is 5.30. The van der Waals surface area contributed by atoms with Gasteiger partial charge in [0.15, 0.2) is 0 Å². The maximum absolute atomic E-state index is 11.9. The highest BCUT2D eigenvalue weighted by Crippen LogP contribution is 2.23. The molecule has 1 saturated carbocycles. The standard InChI is InChI=1S/C16H21N3O3/c1-10-4-2-3-5-13(10)19-16(22)15(21)18-12-8-6-11(7-9-12)14(17)20/h6-10,13H,2-5H2,1H3,(H2,17,20)(H,18,21)(H,19,22). The Morgan fingerprint density at radius 2 is 1.68 bits per heavy atom. The lowest BCUT2D eigenvalue weighted by atomic mass is 9.86. The van der Waals surface area contributed by atoms with Crippen molar-refractivity contribution >= 4 is 23.4 Å². The zero-order valence-corrected chi connectivity index (χ0v) is 12.6. The van der Waals surface area contributed by atoms with Crippen molar-refractivity contribution in [1.29, 1.82) is 0 Å². The Morgan fingerprint density at radius 1 is 1.05 bits per heavy atom. The zero-order valence-electron chi connectivity index (χ0n) is 12.6. The lowest BCUT2D eigenvalue weighted by Gasteiger charge is -2.29. The average molecular weight is 303 g/mol. The van der Waals surface area contributed by atoms with Crippen LogP contribution in [0.15, 0.2) is 24.3 Å². The summed E-state index contributed by atoms with van der Waals surface area (Å²) < 4.78 is 0. The molecule has 1 aromatic carbocycles. The molecule has 2 unspecified atom stereocenters. The quantitative estimate of drug-likeness (QED) is 0.736. The molecule has 1 aromatic rings. The van der Waals surface area contributed by atoms with Crippen molar-refractivity contribution in [3.05, 3.63) is 29.8 Å². The number of carbonyl (C=O) groups is 3. The number of primary amides is 1. The van der Waals surface area contributed by atoms with Gasteiger partial charge in [-0.25, -0.2) is 0 Å². The van der Waals surface area contributed by atoms with Gasteiger partial charge >= 0.3 is 11.8 Å². The number of rotatable bonds is 3. The molecule has 0 bridgehead atoms. The molecule has 2 atom stereocenters. The first-order valence-electron chi connectivity index (χ1n) is 7.49. The number of nitrogens with one attached hydrogen (secondary N) is 2. The van der Waals surface area contributed by atoms with Crippen LogP contribution in [-0.4, -0.2) is 23.8 Å². The largest absolute Gasteiger partial charge is 0.366 e. The predicted molar refractivity (Wildman–Crippen MR) is 83.2 cm³/mol. The molecule has 1 aliphatic rings. The molecule has 0 radical (unpaired) electrons. The van der Waals surface area contributed by atoms with E-state index in [-0.39, 0.29) is 6.04 Å². The summed E-state index contributed by atoms with van der Waals surface area (Å²) in [6, 6.07) is 6.13. The van der Waals surface area contributed by atoms with Crippen LogP contribution >= 0.6 is 0 Å². The molecule has 1 fully saturated rings. The monoisotopic (exact) mass is 303 g/mol. The molecule has 1 aliphatic carbocycles. The molecule has 6 heteroatoms. The fraction of sp³-hybridized carbons (Fsp3) is 0.438. The van der Waals surface area contributed by atoms with Gasteiger partial charge in [0.25, 0.3) is 0 Å². The van der Waals surface area contributed by atoms with Gasteiger partial charge in [0.2, 0.25) is 5.91 Å². The van der Waals surface area contributed by atoms with E-state index in [0.717, 1.165) is 19.3 Å². The van der Waals surface area contributed by atoms with E-state index in [0.29, 0.717) is 17.2 Å². The van der Waals surface area contributed by atoms with E-state index in [1.54, 1.807) is 0 Å². The number of hydrogen-bond acceptors (Lipinski definition) is 3. The van der Waals surface area contributed by atoms with E-state index < -0.39 is 17.7 Å². The summed E-state index contributed by atoms with van der Waals surface area (Å²) in [4.78, 5) is 34.8. The topological polar surface area (TPSA) is 101 Å². The van der Waals surface area contributed by atoms with Crippen LogP contribution in [0.25, 0.3) is 0 Å². The van der Waals surface area contributed by atoms with Gasteiger partial charge in [0.05, 0.1) is 0 Å². The fourth-order valence-electron chi connectivity index (χ4n) is 2.67. The molecule has 0 aromatic heterocycles. The second kappa shape index (κ2) is 7.06. The highest BCUT2D eigenvalue weighted by Gasteiger charge is 2.25. The minimum absolute atomic E-state index is 0.0595. The normalized spacial score (nSPS) is 21.0. The first-order valence-corrected chi connectivity index (χ1v) is 7.49. The van der Waals surface area contributed by atoms with Gasteiger partial charge in [-0.1, -0.05) is 19.8 Å². The summed E-state index contributed by atoms with van der Waals surface area (Å²) in [5.74, 6) is -1.48. The molecule has 3 amide bonds. The average Bonchev–Trinajstić information content (AvgIpc) is 2.50. The van der Waals surface area contributed by atoms with Crippen LogP contribution in [0.2, 0.25) is 0 Å². The number of nitrogens with two attached hydrogens (primary N) is 1. The first-order chi connectivity index (χ1) is 10.5. The van der Waals surface area contributed by atoms with E-state index in [1.807, 2.05) is 0 Å². The van der Waals surface area contributed by atoms with Crippen LogP contribution in [0.4, 0.5) is 5.69 Å². The second-order valence-electron chi connectivity index (χ2n) is 5.74. The van der Waals surface area contributed by atoms with Gasteiger partial charge in [-0.15, -0.1) is 0 Å². The highest BCUT2D eigenvalue weighted by molar-refractivity contribution is 6.39. The second-order valence-corrected chi connectivity index (χ2v) is 5.74. The fourth-order valence-corrected chi connectivity index (χ4v) is 2.67. The van der Waals surface area contributed by atoms with E-state index >= 15 is 0 Å². The molecule has 6 nitrogen and oxygen atoms in total. The molecular weight excluding hydrogens is 282 g/mol. The predicted octanol–water partition coefficient (Wildman–Crippen LogP) is 1.42. The smallest absolute Gasteiger partial charge is 0.313 e. The number of carbonyl (C=O) groups excluding carboxylic acids is 3. The Hall–Kier alpha value is -2.37. The van der Waals surface area contributed by atoms with E-state index in [4.69, 9.17) is 5.73 Å². The SMILES string of the molecule is CC1CCCCC1NC(=O)C(=O)Nc1ccc(C(N)=O)cc1. The van der Waals surface area contributed by atoms with Crippen molar-refractivity contribution in [2.24, 2.45) is 11.7 Å². The van der Waals surface area contributed by atoms with E-state index in [1.165, 1.54) is 30.7 Å². The Labute approximate surface area is 129 Å². The Balaban J connectivity index is 1.90. The van der Waals surface area contributed by atoms with Crippen LogP contribution < -0.4 is 16.4 Å². The van der Waals surface area contributed by atoms with Crippen LogP contribution in [0.3, 0.4) is 0 Å². The van der Waals surface area contributed by atoms with Crippen LogP contribution in [0.5, 0.6) is 0 Å². The summed E-state index contributed by atoms with van der Waals surface area (Å²) in [7, 11) is 0. The van der Waals surface area contributed by atoms with Crippen molar-refractivity contribution in [2.45, 2.75) is 38.6 Å². The summed E-state index contributed by atoms with van der Waals surface area (Å²) in [6.45, 7) is 2.09. The number of benzene rings is 1. The Morgan fingerprint density at radius 3 is 2.27 bits per heavy atom. The van der Waals surface area contributed by atoms with Gasteiger partial charge in [0.1, 0.15) is 0 Å². The molecule has 22 heavy (non-hydrogen) atoms. The van der Waals surface area contributed by atoms with Crippen LogP contribution in [-0.2, 0) is 9.59 Å². The van der Waals surface area contributed by atoms with Gasteiger partial charge < -0.3 is 16.4 Å². The summed E-state index contributed by atoms with van der Waals surface area (Å²) in [6.07, 6.45) is 4.23. The van der Waals surface area contributed by atoms with Gasteiger partial charge in [0, 0.05) is 17.3 Å². The Bertz CT molecular complexity index is 569. The first kappa shape index (κ1) is 16.0. The third-order valence-electron chi connectivity index (χ3n) is 4.06. The highest BCUT2D eigenvalue weighted by atomic mass is 16.2. The van der Waals surface area contributed by atoms with Crippen molar-refractivity contribution in [2.75, 3.05) is 5.32 Å². The van der Waals surface area contributed by atoms with E-state index in [9.17, 15) is 14.4 Å². The molecule has 0 spiro atoms. The lowest BCUT2D eigenvalue weighted by Crippen LogP contribution is -2.45. The molecule has 2 rings (SSSR count). The maximum atomic E-state index is 11.9. The van der Waals surface area contributed by atoms with Gasteiger partial charge in [-0.05, 0) is 43.0 Å². The number of hydrogen-bond donors (Lipinski definition) is 3. The minimum atomic E-state index is -0.704. The van der Waals surface area contributed by atoms with Crippen molar-refractivity contribution in [3.63, 3.8) is 0 Å². The Kier molecular flexibility index (Phi) is 5.14. The van der Waals surface area contributed by atoms with Crippen molar-refractivity contribution in [1.82, 2.24) is 5.32 Å². The van der Waals surface area contributed by atoms with Crippen LogP contribution in [0.1, 0.15) is 43.0 Å². The molecule has 0 aliphatic heterocycles.